The Balaban J connectivity index is 1.83. The molecular formula is C13H15BrFN3O2. The van der Waals surface area contributed by atoms with Crippen molar-refractivity contribution in [3.05, 3.63) is 32.5 Å². The number of nitrogens with one attached hydrogen (secondary N) is 2. The molecule has 0 aliphatic carbocycles. The fourth-order valence-corrected chi connectivity index (χ4v) is 3.54. The lowest BCUT2D eigenvalue weighted by molar-refractivity contribution is -0.384. The number of nitrogens with zero attached hydrogens (tertiary/aromatic N) is 1. The highest BCUT2D eigenvalue weighted by Gasteiger charge is 2.34. The molecule has 20 heavy (non-hydrogen) atoms. The molecule has 7 heteroatoms. The van der Waals surface area contributed by atoms with Crippen molar-refractivity contribution in [3.63, 3.8) is 0 Å². The van der Waals surface area contributed by atoms with E-state index in [1.54, 1.807) is 0 Å². The largest absolute Gasteiger partial charge is 0.377 e. The predicted octanol–water partition coefficient (Wildman–Crippen LogP) is 3.19. The number of hydrogen-bond acceptors (Lipinski definition) is 4. The Morgan fingerprint density at radius 3 is 2.60 bits per heavy atom. The molecule has 2 atom stereocenters. The fourth-order valence-electron chi connectivity index (χ4n) is 3.20. The van der Waals surface area contributed by atoms with Crippen LogP contribution in [-0.4, -0.2) is 23.0 Å². The average molecular weight is 344 g/mol. The molecule has 0 radical (unpaired) electrons. The lowest BCUT2D eigenvalue weighted by Crippen LogP contribution is -2.43. The van der Waals surface area contributed by atoms with Crippen LogP contribution >= 0.6 is 15.9 Å². The van der Waals surface area contributed by atoms with Crippen molar-refractivity contribution in [1.29, 1.82) is 0 Å². The van der Waals surface area contributed by atoms with Crippen molar-refractivity contribution in [2.45, 2.75) is 43.8 Å². The molecule has 0 aromatic heterocycles. The summed E-state index contributed by atoms with van der Waals surface area (Å²) in [5.74, 6) is -0.618. The minimum atomic E-state index is -0.618. The van der Waals surface area contributed by atoms with Gasteiger partial charge in [-0.1, -0.05) is 0 Å². The van der Waals surface area contributed by atoms with Gasteiger partial charge in [-0.15, -0.1) is 0 Å². The Morgan fingerprint density at radius 2 is 2.00 bits per heavy atom. The fraction of sp³-hybridized carbons (Fsp3) is 0.538. The molecule has 1 aromatic rings. The van der Waals surface area contributed by atoms with E-state index in [-0.39, 0.29) is 16.2 Å². The summed E-state index contributed by atoms with van der Waals surface area (Å²) in [6.07, 6.45) is 4.22. The van der Waals surface area contributed by atoms with E-state index in [9.17, 15) is 14.5 Å². The number of fused-ring (bicyclic) bond motifs is 2. The number of nitro groups is 1. The topological polar surface area (TPSA) is 67.2 Å². The van der Waals surface area contributed by atoms with Gasteiger partial charge in [0.15, 0.2) is 0 Å². The zero-order chi connectivity index (χ0) is 14.3. The molecule has 0 spiro atoms. The lowest BCUT2D eigenvalue weighted by atomic mass is 9.99. The van der Waals surface area contributed by atoms with Crippen LogP contribution in [-0.2, 0) is 0 Å². The van der Waals surface area contributed by atoms with Gasteiger partial charge in [-0.3, -0.25) is 10.1 Å². The van der Waals surface area contributed by atoms with Gasteiger partial charge in [0.25, 0.3) is 5.69 Å². The molecule has 2 bridgehead atoms. The highest BCUT2D eigenvalue weighted by atomic mass is 79.9. The lowest BCUT2D eigenvalue weighted by Gasteiger charge is -2.30. The second kappa shape index (κ2) is 5.29. The zero-order valence-electron chi connectivity index (χ0n) is 10.7. The molecule has 2 aliphatic rings. The van der Waals surface area contributed by atoms with Gasteiger partial charge in [0.2, 0.25) is 0 Å². The molecule has 2 saturated heterocycles. The first kappa shape index (κ1) is 13.8. The van der Waals surface area contributed by atoms with Gasteiger partial charge in [-0.05, 0) is 47.7 Å². The molecule has 0 amide bonds. The SMILES string of the molecule is O=[N+]([O-])c1cc(F)c(Br)cc1NC1CC2CCC(C1)N2. The van der Waals surface area contributed by atoms with Gasteiger partial charge in [-0.25, -0.2) is 4.39 Å². The molecule has 0 saturated carbocycles. The third-order valence-corrected chi connectivity index (χ3v) is 4.68. The third kappa shape index (κ3) is 2.64. The van der Waals surface area contributed by atoms with Crippen molar-refractivity contribution in [2.24, 2.45) is 0 Å². The number of rotatable bonds is 3. The smallest absolute Gasteiger partial charge is 0.295 e. The van der Waals surface area contributed by atoms with Crippen LogP contribution in [0, 0.1) is 15.9 Å². The van der Waals surface area contributed by atoms with Crippen LogP contribution in [0.15, 0.2) is 16.6 Å². The molecule has 2 N–H and O–H groups in total. The van der Waals surface area contributed by atoms with Crippen LogP contribution in [0.1, 0.15) is 25.7 Å². The number of nitro benzene ring substituents is 1. The number of halogens is 2. The second-order valence-corrected chi connectivity index (χ2v) is 6.35. The van der Waals surface area contributed by atoms with Crippen LogP contribution in [0.4, 0.5) is 15.8 Å². The number of hydrogen-bond donors (Lipinski definition) is 2. The van der Waals surface area contributed by atoms with E-state index in [0.29, 0.717) is 17.8 Å². The van der Waals surface area contributed by atoms with Crippen LogP contribution in [0.2, 0.25) is 0 Å². The molecule has 108 valence electrons. The summed E-state index contributed by atoms with van der Waals surface area (Å²) in [6, 6.07) is 3.60. The van der Waals surface area contributed by atoms with E-state index in [1.165, 1.54) is 6.07 Å². The van der Waals surface area contributed by atoms with Gasteiger partial charge in [0.05, 0.1) is 15.5 Å². The van der Waals surface area contributed by atoms with Gasteiger partial charge < -0.3 is 10.6 Å². The highest BCUT2D eigenvalue weighted by Crippen LogP contribution is 2.34. The molecule has 2 unspecified atom stereocenters. The van der Waals surface area contributed by atoms with Crippen LogP contribution in [0.5, 0.6) is 0 Å². The summed E-state index contributed by atoms with van der Waals surface area (Å²) in [4.78, 5) is 10.5. The zero-order valence-corrected chi connectivity index (χ0v) is 12.3. The number of piperidine rings is 1. The predicted molar refractivity (Wildman–Crippen MR) is 77.3 cm³/mol. The first-order valence-corrected chi connectivity index (χ1v) is 7.48. The summed E-state index contributed by atoms with van der Waals surface area (Å²) in [7, 11) is 0. The van der Waals surface area contributed by atoms with Crippen molar-refractivity contribution in [2.75, 3.05) is 5.32 Å². The molecule has 2 aliphatic heterocycles. The summed E-state index contributed by atoms with van der Waals surface area (Å²) in [5, 5.41) is 17.8. The van der Waals surface area contributed by atoms with Crippen molar-refractivity contribution in [1.82, 2.24) is 5.32 Å². The van der Waals surface area contributed by atoms with Crippen LogP contribution < -0.4 is 10.6 Å². The summed E-state index contributed by atoms with van der Waals surface area (Å²) in [6.45, 7) is 0. The van der Waals surface area contributed by atoms with Gasteiger partial charge >= 0.3 is 0 Å². The number of benzene rings is 1. The maximum absolute atomic E-state index is 13.4. The highest BCUT2D eigenvalue weighted by molar-refractivity contribution is 9.10. The van der Waals surface area contributed by atoms with Crippen LogP contribution in [0.25, 0.3) is 0 Å². The molecule has 5 nitrogen and oxygen atoms in total. The Kier molecular flexibility index (Phi) is 3.64. The molecular weight excluding hydrogens is 329 g/mol. The first-order valence-electron chi connectivity index (χ1n) is 6.69. The standard InChI is InChI=1S/C13H15BrFN3O2/c14-10-5-12(13(18(19)20)6-11(10)15)17-9-3-7-1-2-8(4-9)16-7/h5-9,16-17H,1-4H2. The summed E-state index contributed by atoms with van der Waals surface area (Å²) < 4.78 is 13.7. The summed E-state index contributed by atoms with van der Waals surface area (Å²) in [5.41, 5.74) is 0.172. The Morgan fingerprint density at radius 1 is 1.35 bits per heavy atom. The summed E-state index contributed by atoms with van der Waals surface area (Å²) >= 11 is 3.08. The molecule has 3 rings (SSSR count). The van der Waals surface area contributed by atoms with Crippen molar-refractivity contribution in [3.8, 4) is 0 Å². The van der Waals surface area contributed by atoms with Crippen molar-refractivity contribution < 1.29 is 9.31 Å². The van der Waals surface area contributed by atoms with E-state index < -0.39 is 10.7 Å². The Bertz CT molecular complexity index is 543. The second-order valence-electron chi connectivity index (χ2n) is 5.49. The minimum absolute atomic E-state index is 0.199. The van der Waals surface area contributed by atoms with E-state index in [4.69, 9.17) is 0 Å². The van der Waals surface area contributed by atoms with E-state index >= 15 is 0 Å². The first-order chi connectivity index (χ1) is 9.52. The van der Waals surface area contributed by atoms with E-state index in [0.717, 1.165) is 31.7 Å². The van der Waals surface area contributed by atoms with Gasteiger partial charge in [0.1, 0.15) is 11.5 Å². The average Bonchev–Trinajstić information content (AvgIpc) is 2.72. The van der Waals surface area contributed by atoms with Gasteiger partial charge in [-0.2, -0.15) is 0 Å². The monoisotopic (exact) mass is 343 g/mol. The van der Waals surface area contributed by atoms with E-state index in [2.05, 4.69) is 26.6 Å². The maximum atomic E-state index is 13.4. The number of anilines is 1. The normalized spacial score (nSPS) is 28.4. The quantitative estimate of drug-likeness (QED) is 0.653. The van der Waals surface area contributed by atoms with E-state index in [1.807, 2.05) is 0 Å². The Labute approximate surface area is 124 Å². The minimum Gasteiger partial charge on any atom is -0.377 e. The molecule has 2 fully saturated rings. The van der Waals surface area contributed by atoms with Crippen molar-refractivity contribution >= 4 is 27.3 Å². The van der Waals surface area contributed by atoms with Gasteiger partial charge in [0, 0.05) is 18.1 Å². The third-order valence-electron chi connectivity index (χ3n) is 4.07. The Hall–Kier alpha value is -1.21. The molecule has 1 aromatic carbocycles. The van der Waals surface area contributed by atoms with Crippen LogP contribution in [0.3, 0.4) is 0 Å². The molecule has 2 heterocycles. The maximum Gasteiger partial charge on any atom is 0.295 e.